The van der Waals surface area contributed by atoms with Crippen molar-refractivity contribution in [1.82, 2.24) is 14.3 Å². The molecule has 0 N–H and O–H groups in total. The molecule has 1 amide bonds. The van der Waals surface area contributed by atoms with Gasteiger partial charge in [0.05, 0.1) is 11.6 Å². The van der Waals surface area contributed by atoms with Gasteiger partial charge in [-0.3, -0.25) is 9.20 Å². The van der Waals surface area contributed by atoms with Gasteiger partial charge in [0.2, 0.25) is 5.95 Å². The molecular formula is C16H17ClFN3O2. The molecule has 7 heteroatoms. The number of aromatic nitrogens is 2. The van der Waals surface area contributed by atoms with Gasteiger partial charge >= 0.3 is 0 Å². The summed E-state index contributed by atoms with van der Waals surface area (Å²) in [5.74, 6) is -1.01. The van der Waals surface area contributed by atoms with E-state index in [9.17, 15) is 9.18 Å². The molecule has 2 saturated heterocycles. The van der Waals surface area contributed by atoms with Gasteiger partial charge in [-0.1, -0.05) is 11.6 Å². The number of likely N-dealkylation sites (tertiary alicyclic amines) is 1. The van der Waals surface area contributed by atoms with Crippen LogP contribution in [0.5, 0.6) is 0 Å². The Morgan fingerprint density at radius 2 is 2.26 bits per heavy atom. The molecule has 0 radical (unpaired) electrons. The lowest BCUT2D eigenvalue weighted by atomic mass is 9.79. The monoisotopic (exact) mass is 337 g/mol. The SMILES string of the molecule is O=C(c1nc2ccc(Cl)cn2c1F)N1CCC[C@]2(CCOC2)C1. The van der Waals surface area contributed by atoms with Crippen LogP contribution in [0.3, 0.4) is 0 Å². The second-order valence-electron chi connectivity index (χ2n) is 6.46. The highest BCUT2D eigenvalue weighted by atomic mass is 35.5. The summed E-state index contributed by atoms with van der Waals surface area (Å²) in [5.41, 5.74) is 0.279. The van der Waals surface area contributed by atoms with E-state index in [0.29, 0.717) is 30.4 Å². The maximum absolute atomic E-state index is 14.6. The van der Waals surface area contributed by atoms with Gasteiger partial charge in [0, 0.05) is 31.3 Å². The molecule has 0 unspecified atom stereocenters. The van der Waals surface area contributed by atoms with E-state index in [0.717, 1.165) is 25.9 Å². The minimum Gasteiger partial charge on any atom is -0.381 e. The Kier molecular flexibility index (Phi) is 3.54. The van der Waals surface area contributed by atoms with E-state index in [1.54, 1.807) is 17.0 Å². The number of imidazole rings is 1. The number of hydrogen-bond acceptors (Lipinski definition) is 3. The van der Waals surface area contributed by atoms with Gasteiger partial charge in [-0.15, -0.1) is 0 Å². The van der Waals surface area contributed by atoms with E-state index in [1.165, 1.54) is 10.6 Å². The first-order valence-corrected chi connectivity index (χ1v) is 8.16. The molecule has 5 nitrogen and oxygen atoms in total. The van der Waals surface area contributed by atoms with Crippen LogP contribution in [-0.2, 0) is 4.74 Å². The number of rotatable bonds is 1. The zero-order valence-electron chi connectivity index (χ0n) is 12.6. The predicted molar refractivity (Wildman–Crippen MR) is 83.2 cm³/mol. The zero-order chi connectivity index (χ0) is 16.0. The normalized spacial score (nSPS) is 24.7. The number of piperidine rings is 1. The first-order chi connectivity index (χ1) is 11.1. The first kappa shape index (κ1) is 14.9. The van der Waals surface area contributed by atoms with Crippen LogP contribution >= 0.6 is 11.6 Å². The first-order valence-electron chi connectivity index (χ1n) is 7.78. The van der Waals surface area contributed by atoms with Crippen LogP contribution in [0.4, 0.5) is 4.39 Å². The number of nitrogens with zero attached hydrogens (tertiary/aromatic N) is 3. The number of ether oxygens (including phenoxy) is 1. The number of fused-ring (bicyclic) bond motifs is 1. The van der Waals surface area contributed by atoms with E-state index in [-0.39, 0.29) is 17.0 Å². The molecule has 0 saturated carbocycles. The van der Waals surface area contributed by atoms with Gasteiger partial charge in [-0.2, -0.15) is 4.39 Å². The molecule has 2 aromatic rings. The fourth-order valence-corrected chi connectivity index (χ4v) is 3.79. The second kappa shape index (κ2) is 5.46. The van der Waals surface area contributed by atoms with Crippen molar-refractivity contribution in [2.24, 2.45) is 5.41 Å². The van der Waals surface area contributed by atoms with Gasteiger partial charge in [0.15, 0.2) is 5.69 Å². The topological polar surface area (TPSA) is 46.8 Å². The van der Waals surface area contributed by atoms with Crippen LogP contribution in [0, 0.1) is 11.4 Å². The minimum atomic E-state index is -0.658. The number of carbonyl (C=O) groups is 1. The average Bonchev–Trinajstić information content (AvgIpc) is 3.12. The zero-order valence-corrected chi connectivity index (χ0v) is 13.4. The summed E-state index contributed by atoms with van der Waals surface area (Å²) < 4.78 is 21.3. The van der Waals surface area contributed by atoms with E-state index >= 15 is 0 Å². The van der Waals surface area contributed by atoms with Crippen molar-refractivity contribution in [3.63, 3.8) is 0 Å². The van der Waals surface area contributed by atoms with E-state index < -0.39 is 5.95 Å². The Labute approximate surface area is 138 Å². The van der Waals surface area contributed by atoms with Gasteiger partial charge in [-0.05, 0) is 31.4 Å². The molecule has 2 aliphatic rings. The summed E-state index contributed by atoms with van der Waals surface area (Å²) >= 11 is 5.89. The van der Waals surface area contributed by atoms with Crippen LogP contribution in [0.2, 0.25) is 5.02 Å². The molecule has 4 rings (SSSR count). The quantitative estimate of drug-likeness (QED) is 0.804. The Morgan fingerprint density at radius 1 is 1.39 bits per heavy atom. The summed E-state index contributed by atoms with van der Waals surface area (Å²) in [6.45, 7) is 2.66. The highest BCUT2D eigenvalue weighted by Crippen LogP contribution is 2.38. The molecule has 4 heterocycles. The number of hydrogen-bond donors (Lipinski definition) is 0. The van der Waals surface area contributed by atoms with Gasteiger partial charge in [-0.25, -0.2) is 4.98 Å². The number of halogens is 2. The Bertz CT molecular complexity index is 770. The maximum atomic E-state index is 14.6. The summed E-state index contributed by atoms with van der Waals surface area (Å²) in [7, 11) is 0. The van der Waals surface area contributed by atoms with Crippen molar-refractivity contribution in [1.29, 1.82) is 0 Å². The van der Waals surface area contributed by atoms with Crippen LogP contribution in [0.25, 0.3) is 5.65 Å². The molecule has 1 atom stereocenters. The van der Waals surface area contributed by atoms with Crippen molar-refractivity contribution >= 4 is 23.2 Å². The highest BCUT2D eigenvalue weighted by Gasteiger charge is 2.41. The lowest BCUT2D eigenvalue weighted by Gasteiger charge is -2.39. The Hall–Kier alpha value is -1.66. The molecule has 0 aliphatic carbocycles. The fourth-order valence-electron chi connectivity index (χ4n) is 3.63. The lowest BCUT2D eigenvalue weighted by molar-refractivity contribution is 0.0454. The van der Waals surface area contributed by atoms with Crippen LogP contribution in [-0.4, -0.2) is 46.5 Å². The molecule has 2 aliphatic heterocycles. The molecule has 1 spiro atoms. The Morgan fingerprint density at radius 3 is 3.04 bits per heavy atom. The predicted octanol–water partition coefficient (Wildman–Crippen LogP) is 2.77. The molecule has 2 fully saturated rings. The highest BCUT2D eigenvalue weighted by molar-refractivity contribution is 6.30. The van der Waals surface area contributed by atoms with E-state index in [2.05, 4.69) is 4.98 Å². The molecule has 0 aromatic carbocycles. The van der Waals surface area contributed by atoms with Gasteiger partial charge < -0.3 is 9.64 Å². The van der Waals surface area contributed by atoms with Gasteiger partial charge in [0.1, 0.15) is 5.65 Å². The maximum Gasteiger partial charge on any atom is 0.277 e. The standard InChI is InChI=1S/C16H17ClFN3O2/c17-11-2-3-12-19-13(14(18)21(12)8-11)15(22)20-6-1-4-16(9-20)5-7-23-10-16/h2-3,8H,1,4-7,9-10H2/t16-/m0/s1. The van der Waals surface area contributed by atoms with Crippen LogP contribution < -0.4 is 0 Å². The van der Waals surface area contributed by atoms with Crippen molar-refractivity contribution < 1.29 is 13.9 Å². The third kappa shape index (κ3) is 2.50. The van der Waals surface area contributed by atoms with Crippen LogP contribution in [0.1, 0.15) is 29.8 Å². The largest absolute Gasteiger partial charge is 0.381 e. The van der Waals surface area contributed by atoms with Crippen molar-refractivity contribution in [3.8, 4) is 0 Å². The number of amides is 1. The summed E-state index contributed by atoms with van der Waals surface area (Å²) in [5, 5.41) is 0.396. The molecule has 0 bridgehead atoms. The third-order valence-corrected chi connectivity index (χ3v) is 5.08. The van der Waals surface area contributed by atoms with Crippen molar-refractivity contribution in [2.45, 2.75) is 19.3 Å². The summed E-state index contributed by atoms with van der Waals surface area (Å²) in [6, 6.07) is 3.23. The molecule has 2 aromatic heterocycles. The summed E-state index contributed by atoms with van der Waals surface area (Å²) in [4.78, 5) is 18.6. The Balaban J connectivity index is 1.65. The second-order valence-corrected chi connectivity index (χ2v) is 6.90. The summed E-state index contributed by atoms with van der Waals surface area (Å²) in [6.07, 6.45) is 4.36. The van der Waals surface area contributed by atoms with E-state index in [4.69, 9.17) is 16.3 Å². The van der Waals surface area contributed by atoms with Crippen molar-refractivity contribution in [2.75, 3.05) is 26.3 Å². The smallest absolute Gasteiger partial charge is 0.277 e. The van der Waals surface area contributed by atoms with Gasteiger partial charge in [0.25, 0.3) is 5.91 Å². The van der Waals surface area contributed by atoms with Crippen molar-refractivity contribution in [3.05, 3.63) is 35.0 Å². The lowest BCUT2D eigenvalue weighted by Crippen LogP contribution is -2.46. The van der Waals surface area contributed by atoms with Crippen LogP contribution in [0.15, 0.2) is 18.3 Å². The fraction of sp³-hybridized carbons (Fsp3) is 0.500. The third-order valence-electron chi connectivity index (χ3n) is 4.86. The minimum absolute atomic E-state index is 0.0346. The van der Waals surface area contributed by atoms with E-state index in [1.807, 2.05) is 0 Å². The average molecular weight is 338 g/mol. The molecule has 122 valence electrons. The number of pyridine rings is 1. The number of carbonyl (C=O) groups excluding carboxylic acids is 1. The molecular weight excluding hydrogens is 321 g/mol. The molecule has 23 heavy (non-hydrogen) atoms.